The zero-order valence-electron chi connectivity index (χ0n) is 33.5. The summed E-state index contributed by atoms with van der Waals surface area (Å²) >= 11 is 0. The number of esters is 1. The van der Waals surface area contributed by atoms with Gasteiger partial charge in [-0.3, -0.25) is 19.4 Å². The first kappa shape index (κ1) is 39.8. The first-order valence-electron chi connectivity index (χ1n) is 20.2. The number of aromatic amines is 1. The molecule has 4 atom stereocenters. The first-order valence-corrected chi connectivity index (χ1v) is 20.2. The Bertz CT molecular complexity index is 2400. The second-order valence-corrected chi connectivity index (χ2v) is 15.1. The van der Waals surface area contributed by atoms with Crippen molar-refractivity contribution in [2.75, 3.05) is 27.3 Å². The Morgan fingerprint density at radius 2 is 1.38 bits per heavy atom. The van der Waals surface area contributed by atoms with Crippen molar-refractivity contribution in [3.63, 3.8) is 0 Å². The standard InChI is InChI=1S/C46H46N8O6/c1-59-41(55)26-34(29-11-5-3-6-12-29)44(56)54-24-10-16-40(54)43-48-28-38(49-43)31-19-17-30(18-20-31)35-21-22-36(52-51-35)33-25-37(47-27-33)39-15-9-23-53(39)45(57)42(50-46(58)60-2)32-13-7-4-8-14-32/h3-8,11-14,17-22,27-28,34,39-40,42H,9-10,15-16,23-26H2,1-2H3,(H,48,49)(H,50,58)/t34-,39+,40+,42-/m1/s1. The molecular weight excluding hydrogens is 761 g/mol. The van der Waals surface area contributed by atoms with Crippen molar-refractivity contribution in [1.82, 2.24) is 35.3 Å². The molecule has 8 rings (SSSR count). The fraction of sp³-hybridized carbons (Fsp3) is 0.304. The van der Waals surface area contributed by atoms with Crippen molar-refractivity contribution in [3.05, 3.63) is 132 Å². The van der Waals surface area contributed by atoms with Gasteiger partial charge >= 0.3 is 12.1 Å². The predicted octanol–water partition coefficient (Wildman–Crippen LogP) is 6.82. The number of nitrogens with one attached hydrogen (secondary N) is 2. The Morgan fingerprint density at radius 1 is 0.750 bits per heavy atom. The normalized spacial score (nSPS) is 18.4. The molecule has 2 aromatic heterocycles. The lowest BCUT2D eigenvalue weighted by atomic mass is 9.94. The monoisotopic (exact) mass is 806 g/mol. The molecule has 3 aromatic carbocycles. The van der Waals surface area contributed by atoms with E-state index in [2.05, 4.69) is 20.5 Å². The lowest BCUT2D eigenvalue weighted by Crippen LogP contribution is -2.47. The fourth-order valence-electron chi connectivity index (χ4n) is 8.39. The highest BCUT2D eigenvalue weighted by Crippen LogP contribution is 2.36. The van der Waals surface area contributed by atoms with E-state index >= 15 is 0 Å². The predicted molar refractivity (Wildman–Crippen MR) is 224 cm³/mol. The topological polar surface area (TPSA) is 172 Å². The Balaban J connectivity index is 0.900. The van der Waals surface area contributed by atoms with Gasteiger partial charge in [-0.15, -0.1) is 5.10 Å². The lowest BCUT2D eigenvalue weighted by molar-refractivity contribution is -0.145. The minimum atomic E-state index is -0.877. The van der Waals surface area contributed by atoms with Crippen molar-refractivity contribution >= 4 is 35.2 Å². The van der Waals surface area contributed by atoms with Crippen molar-refractivity contribution in [2.45, 2.75) is 62.6 Å². The van der Waals surface area contributed by atoms with Crippen molar-refractivity contribution in [3.8, 4) is 22.5 Å². The van der Waals surface area contributed by atoms with E-state index in [9.17, 15) is 19.2 Å². The van der Waals surface area contributed by atoms with Gasteiger partial charge in [-0.1, -0.05) is 84.9 Å². The average molecular weight is 807 g/mol. The maximum absolute atomic E-state index is 14.0. The van der Waals surface area contributed by atoms with Gasteiger partial charge in [0.2, 0.25) is 11.8 Å². The SMILES string of the molecule is COC(=O)C[C@@H](C(=O)N1CCC[C@H]1c1ncc(-c2ccc(-c3ccc(C4=CN=C([C@@H]5CCCN5C(=O)[C@H](NC(=O)OC)c5ccccc5)C4)nn3)cc2)[nH]1)c1ccccc1. The molecule has 5 aromatic rings. The maximum atomic E-state index is 14.0. The molecule has 2 fully saturated rings. The molecule has 3 aliphatic heterocycles. The van der Waals surface area contributed by atoms with Gasteiger partial charge in [-0.25, -0.2) is 9.78 Å². The van der Waals surface area contributed by atoms with Crippen LogP contribution in [0.2, 0.25) is 0 Å². The number of alkyl carbamates (subject to hydrolysis) is 1. The number of carbonyl (C=O) groups excluding carboxylic acids is 4. The highest BCUT2D eigenvalue weighted by Gasteiger charge is 2.39. The number of rotatable bonds is 12. The number of aromatic nitrogens is 4. The second-order valence-electron chi connectivity index (χ2n) is 15.1. The molecule has 0 aliphatic carbocycles. The lowest BCUT2D eigenvalue weighted by Gasteiger charge is -2.29. The molecule has 3 amide bonds. The van der Waals surface area contributed by atoms with Crippen LogP contribution in [-0.2, 0) is 23.9 Å². The highest BCUT2D eigenvalue weighted by molar-refractivity contribution is 6.03. The van der Waals surface area contributed by atoms with Gasteiger partial charge in [0.15, 0.2) is 0 Å². The zero-order valence-corrected chi connectivity index (χ0v) is 33.5. The number of aliphatic imine (C=N–C) groups is 1. The second kappa shape index (κ2) is 17.9. The van der Waals surface area contributed by atoms with Crippen LogP contribution >= 0.6 is 0 Å². The molecule has 0 bridgehead atoms. The minimum Gasteiger partial charge on any atom is -0.469 e. The van der Waals surface area contributed by atoms with E-state index in [1.165, 1.54) is 14.2 Å². The maximum Gasteiger partial charge on any atom is 0.407 e. The van der Waals surface area contributed by atoms with Crippen LogP contribution in [0.3, 0.4) is 0 Å². The smallest absolute Gasteiger partial charge is 0.407 e. The third kappa shape index (κ3) is 8.44. The quantitative estimate of drug-likeness (QED) is 0.128. The number of amides is 3. The number of methoxy groups -OCH3 is 2. The molecule has 60 heavy (non-hydrogen) atoms. The summed E-state index contributed by atoms with van der Waals surface area (Å²) in [5, 5.41) is 11.8. The molecule has 0 saturated carbocycles. The minimum absolute atomic E-state index is 0.0303. The van der Waals surface area contributed by atoms with Crippen LogP contribution < -0.4 is 5.32 Å². The number of H-pyrrole nitrogens is 1. The summed E-state index contributed by atoms with van der Waals surface area (Å²) < 4.78 is 9.76. The molecule has 0 radical (unpaired) electrons. The Morgan fingerprint density at radius 3 is 2.05 bits per heavy atom. The molecule has 14 nitrogen and oxygen atoms in total. The van der Waals surface area contributed by atoms with E-state index in [0.717, 1.165) is 59.4 Å². The number of hydrogen-bond donors (Lipinski definition) is 2. The van der Waals surface area contributed by atoms with E-state index in [-0.39, 0.29) is 30.3 Å². The molecule has 3 aliphatic rings. The average Bonchev–Trinajstić information content (AvgIpc) is 4.15. The number of benzene rings is 3. The summed E-state index contributed by atoms with van der Waals surface area (Å²) in [4.78, 5) is 68.9. The zero-order chi connectivity index (χ0) is 41.6. The number of allylic oxidation sites excluding steroid dienone is 1. The Kier molecular flexibility index (Phi) is 11.9. The number of carbonyl (C=O) groups is 4. The van der Waals surface area contributed by atoms with E-state index in [4.69, 9.17) is 19.5 Å². The van der Waals surface area contributed by atoms with E-state index in [0.29, 0.717) is 42.3 Å². The van der Waals surface area contributed by atoms with Crippen LogP contribution in [0.5, 0.6) is 0 Å². The van der Waals surface area contributed by atoms with Gasteiger partial charge in [-0.05, 0) is 54.5 Å². The number of ether oxygens (including phenoxy) is 2. The highest BCUT2D eigenvalue weighted by atomic mass is 16.5. The number of nitrogens with zero attached hydrogens (tertiary/aromatic N) is 6. The van der Waals surface area contributed by atoms with E-state index in [1.807, 2.05) is 107 Å². The van der Waals surface area contributed by atoms with Gasteiger partial charge in [0, 0.05) is 42.6 Å². The number of likely N-dealkylation sites (tertiary alicyclic amines) is 2. The van der Waals surface area contributed by atoms with Crippen LogP contribution in [0.25, 0.3) is 28.1 Å². The van der Waals surface area contributed by atoms with Gasteiger partial charge < -0.3 is 29.6 Å². The van der Waals surface area contributed by atoms with E-state index in [1.54, 1.807) is 12.4 Å². The van der Waals surface area contributed by atoms with Crippen molar-refractivity contribution < 1.29 is 28.7 Å². The molecule has 5 heterocycles. The first-order chi connectivity index (χ1) is 29.3. The Labute approximate surface area is 347 Å². The molecule has 0 spiro atoms. The third-order valence-electron chi connectivity index (χ3n) is 11.5. The largest absolute Gasteiger partial charge is 0.469 e. The molecule has 306 valence electrons. The number of imidazole rings is 1. The summed E-state index contributed by atoms with van der Waals surface area (Å²) in [7, 11) is 2.62. The molecule has 2 saturated heterocycles. The molecule has 0 unspecified atom stereocenters. The molecular formula is C46H46N8O6. The summed E-state index contributed by atoms with van der Waals surface area (Å²) in [6, 6.07) is 29.1. The van der Waals surface area contributed by atoms with Gasteiger partial charge in [0.05, 0.1) is 61.9 Å². The van der Waals surface area contributed by atoms with Crippen LogP contribution in [0.1, 0.15) is 79.2 Å². The van der Waals surface area contributed by atoms with Crippen molar-refractivity contribution in [2.24, 2.45) is 4.99 Å². The fourth-order valence-corrected chi connectivity index (χ4v) is 8.39. The summed E-state index contributed by atoms with van der Waals surface area (Å²) in [6.45, 7) is 1.14. The third-order valence-corrected chi connectivity index (χ3v) is 11.5. The van der Waals surface area contributed by atoms with Crippen LogP contribution in [0.15, 0.2) is 114 Å². The molecule has 2 N–H and O–H groups in total. The van der Waals surface area contributed by atoms with Crippen LogP contribution in [-0.4, -0.2) is 92.9 Å². The van der Waals surface area contributed by atoms with Gasteiger partial charge in [-0.2, -0.15) is 5.10 Å². The van der Waals surface area contributed by atoms with Crippen molar-refractivity contribution in [1.29, 1.82) is 0 Å². The Hall–Kier alpha value is -6.96. The van der Waals surface area contributed by atoms with Crippen LogP contribution in [0.4, 0.5) is 4.79 Å². The van der Waals surface area contributed by atoms with Gasteiger partial charge in [0.1, 0.15) is 11.9 Å². The summed E-state index contributed by atoms with van der Waals surface area (Å²) in [5.74, 6) is -0.679. The number of hydrogen-bond acceptors (Lipinski definition) is 10. The van der Waals surface area contributed by atoms with E-state index < -0.39 is 24.0 Å². The van der Waals surface area contributed by atoms with Gasteiger partial charge in [0.25, 0.3) is 0 Å². The van der Waals surface area contributed by atoms with Crippen LogP contribution in [0, 0.1) is 0 Å². The summed E-state index contributed by atoms with van der Waals surface area (Å²) in [6.07, 6.45) is 6.63. The summed E-state index contributed by atoms with van der Waals surface area (Å²) in [5.41, 5.74) is 7.35. The molecule has 14 heteroatoms.